The van der Waals surface area contributed by atoms with Gasteiger partial charge in [-0.2, -0.15) is 0 Å². The smallest absolute Gasteiger partial charge is 0.142 e. The number of hydrogen-bond acceptors (Lipinski definition) is 3. The maximum atomic E-state index is 13.7. The molecule has 1 unspecified atom stereocenters. The molecule has 0 saturated heterocycles. The van der Waals surface area contributed by atoms with Gasteiger partial charge in [0.25, 0.3) is 0 Å². The van der Waals surface area contributed by atoms with Crippen LogP contribution in [0, 0.1) is 5.82 Å². The third-order valence-electron chi connectivity index (χ3n) is 3.70. The maximum absolute atomic E-state index is 13.7. The molecule has 3 N–H and O–H groups in total. The number of aromatic nitrogens is 1. The third kappa shape index (κ3) is 2.89. The van der Waals surface area contributed by atoms with Crippen molar-refractivity contribution in [1.29, 1.82) is 0 Å². The van der Waals surface area contributed by atoms with Gasteiger partial charge in [-0.15, -0.1) is 0 Å². The minimum Gasteiger partial charge on any atom is -0.383 e. The summed E-state index contributed by atoms with van der Waals surface area (Å²) >= 11 is 12.2. The fourth-order valence-electron chi connectivity index (χ4n) is 2.46. The standard InChI is InChI=1S/C16H14Cl2FN3/c1-8(14-11(17)2-3-12(19)15(14)18)4-9-5-10(13-7-21-13)6-22-16(9)20/h2-3,5-8,21H,4H2,1H3,(H2,20,22). The Bertz CT molecular complexity index is 774. The summed E-state index contributed by atoms with van der Waals surface area (Å²) in [5, 5.41) is 3.54. The Morgan fingerprint density at radius 3 is 2.77 bits per heavy atom. The van der Waals surface area contributed by atoms with Crippen LogP contribution in [-0.4, -0.2) is 4.98 Å². The number of hydrogen-bond donors (Lipinski definition) is 2. The highest BCUT2D eigenvalue weighted by molar-refractivity contribution is 6.36. The lowest BCUT2D eigenvalue weighted by atomic mass is 9.93. The average molecular weight is 338 g/mol. The molecule has 2 heterocycles. The largest absolute Gasteiger partial charge is 0.383 e. The normalized spacial score (nSPS) is 14.3. The van der Waals surface area contributed by atoms with Crippen molar-refractivity contribution in [3.63, 3.8) is 0 Å². The molecule has 0 aliphatic carbocycles. The van der Waals surface area contributed by atoms with E-state index in [-0.39, 0.29) is 10.9 Å². The van der Waals surface area contributed by atoms with E-state index in [1.165, 1.54) is 12.1 Å². The minimum atomic E-state index is -0.472. The van der Waals surface area contributed by atoms with E-state index < -0.39 is 5.82 Å². The molecule has 6 heteroatoms. The zero-order chi connectivity index (χ0) is 15.9. The molecule has 22 heavy (non-hydrogen) atoms. The Kier molecular flexibility index (Phi) is 3.98. The zero-order valence-electron chi connectivity index (χ0n) is 11.8. The van der Waals surface area contributed by atoms with Crippen LogP contribution in [0.15, 0.2) is 30.6 Å². The van der Waals surface area contributed by atoms with Crippen molar-refractivity contribution in [2.75, 3.05) is 5.73 Å². The zero-order valence-corrected chi connectivity index (χ0v) is 13.3. The highest BCUT2D eigenvalue weighted by Crippen LogP contribution is 2.36. The number of benzene rings is 1. The summed E-state index contributed by atoms with van der Waals surface area (Å²) in [4.78, 5) is 4.21. The number of nitrogens with zero attached hydrogens (tertiary/aromatic N) is 1. The van der Waals surface area contributed by atoms with Crippen molar-refractivity contribution in [3.05, 3.63) is 63.1 Å². The molecule has 3 nitrogen and oxygen atoms in total. The lowest BCUT2D eigenvalue weighted by molar-refractivity contribution is 0.621. The maximum Gasteiger partial charge on any atom is 0.142 e. The second-order valence-corrected chi connectivity index (χ2v) is 6.12. The highest BCUT2D eigenvalue weighted by Gasteiger charge is 2.20. The summed E-state index contributed by atoms with van der Waals surface area (Å²) in [5.74, 6) is -0.100. The Morgan fingerprint density at radius 1 is 1.36 bits per heavy atom. The van der Waals surface area contributed by atoms with Crippen molar-refractivity contribution in [3.8, 4) is 0 Å². The van der Waals surface area contributed by atoms with Gasteiger partial charge >= 0.3 is 0 Å². The van der Waals surface area contributed by atoms with Gasteiger partial charge in [0, 0.05) is 23.0 Å². The molecule has 3 rings (SSSR count). The van der Waals surface area contributed by atoms with E-state index >= 15 is 0 Å². The lowest BCUT2D eigenvalue weighted by Gasteiger charge is -2.17. The lowest BCUT2D eigenvalue weighted by Crippen LogP contribution is -2.06. The summed E-state index contributed by atoms with van der Waals surface area (Å²) < 4.78 is 13.7. The molecule has 1 aliphatic rings. The van der Waals surface area contributed by atoms with Crippen molar-refractivity contribution in [2.45, 2.75) is 19.3 Å². The number of nitrogens with one attached hydrogen (secondary N) is 1. The first-order valence-electron chi connectivity index (χ1n) is 6.82. The van der Waals surface area contributed by atoms with Crippen LogP contribution in [0.2, 0.25) is 10.0 Å². The van der Waals surface area contributed by atoms with Gasteiger partial charge in [-0.1, -0.05) is 30.1 Å². The third-order valence-corrected chi connectivity index (χ3v) is 4.41. The van der Waals surface area contributed by atoms with Gasteiger partial charge in [-0.3, -0.25) is 0 Å². The first-order chi connectivity index (χ1) is 10.5. The molecule has 0 spiro atoms. The van der Waals surface area contributed by atoms with Crippen LogP contribution in [0.3, 0.4) is 0 Å². The second-order valence-electron chi connectivity index (χ2n) is 5.33. The van der Waals surface area contributed by atoms with Crippen LogP contribution in [0.4, 0.5) is 10.2 Å². The Morgan fingerprint density at radius 2 is 2.09 bits per heavy atom. The molecule has 0 amide bonds. The first kappa shape index (κ1) is 15.1. The summed E-state index contributed by atoms with van der Waals surface area (Å²) in [6.45, 7) is 1.94. The SMILES string of the molecule is CC(Cc1cc(C2=CN2)cnc1N)c1c(Cl)ccc(F)c1Cl. The number of rotatable bonds is 4. The molecule has 0 fully saturated rings. The molecule has 114 valence electrons. The molecule has 0 radical (unpaired) electrons. The van der Waals surface area contributed by atoms with Crippen molar-refractivity contribution < 1.29 is 4.39 Å². The van der Waals surface area contributed by atoms with Gasteiger partial charge in [-0.25, -0.2) is 9.37 Å². The fourth-order valence-corrected chi connectivity index (χ4v) is 3.20. The van der Waals surface area contributed by atoms with Crippen LogP contribution >= 0.6 is 23.2 Å². The predicted molar refractivity (Wildman–Crippen MR) is 88.3 cm³/mol. The Balaban J connectivity index is 1.92. The highest BCUT2D eigenvalue weighted by atomic mass is 35.5. The van der Waals surface area contributed by atoms with E-state index in [0.717, 1.165) is 16.8 Å². The van der Waals surface area contributed by atoms with E-state index in [1.54, 1.807) is 6.20 Å². The van der Waals surface area contributed by atoms with Crippen LogP contribution in [0.5, 0.6) is 0 Å². The molecule has 1 atom stereocenters. The van der Waals surface area contributed by atoms with Crippen LogP contribution in [-0.2, 0) is 6.42 Å². The van der Waals surface area contributed by atoms with Gasteiger partial charge in [0.15, 0.2) is 0 Å². The van der Waals surface area contributed by atoms with Crippen molar-refractivity contribution in [2.24, 2.45) is 0 Å². The minimum absolute atomic E-state index is 0.0641. The fraction of sp³-hybridized carbons (Fsp3) is 0.188. The second kappa shape index (κ2) is 5.78. The molecule has 1 aliphatic heterocycles. The van der Waals surface area contributed by atoms with E-state index in [4.69, 9.17) is 28.9 Å². The van der Waals surface area contributed by atoms with Gasteiger partial charge in [0.1, 0.15) is 11.6 Å². The van der Waals surface area contributed by atoms with Crippen LogP contribution < -0.4 is 11.1 Å². The summed E-state index contributed by atoms with van der Waals surface area (Å²) in [6, 6.07) is 4.76. The molecule has 0 bridgehead atoms. The van der Waals surface area contributed by atoms with Gasteiger partial charge in [0.05, 0.1) is 10.7 Å². The van der Waals surface area contributed by atoms with Crippen LogP contribution in [0.1, 0.15) is 29.5 Å². The van der Waals surface area contributed by atoms with E-state index in [1.807, 2.05) is 19.2 Å². The quantitative estimate of drug-likeness (QED) is 0.815. The summed E-state index contributed by atoms with van der Waals surface area (Å²) in [7, 11) is 0. The number of nitrogen functional groups attached to an aromatic ring is 1. The molecule has 2 aromatic rings. The number of pyridine rings is 1. The molecule has 1 aromatic carbocycles. The Hall–Kier alpha value is -1.78. The molecular formula is C16H14Cl2FN3. The molecule has 1 aromatic heterocycles. The van der Waals surface area contributed by atoms with Crippen molar-refractivity contribution >= 4 is 34.7 Å². The van der Waals surface area contributed by atoms with Gasteiger partial charge in [0.2, 0.25) is 0 Å². The molecular weight excluding hydrogens is 324 g/mol. The monoisotopic (exact) mass is 337 g/mol. The number of anilines is 1. The van der Waals surface area contributed by atoms with Crippen molar-refractivity contribution in [1.82, 2.24) is 10.3 Å². The average Bonchev–Trinajstić information content (AvgIpc) is 3.30. The van der Waals surface area contributed by atoms with Crippen LogP contribution in [0.25, 0.3) is 5.70 Å². The number of halogens is 3. The van der Waals surface area contributed by atoms with Gasteiger partial charge in [-0.05, 0) is 41.7 Å². The number of nitrogens with two attached hydrogens (primary N) is 1. The summed E-state index contributed by atoms with van der Waals surface area (Å²) in [5.41, 5.74) is 9.44. The van der Waals surface area contributed by atoms with E-state index in [0.29, 0.717) is 22.8 Å². The molecule has 0 saturated carbocycles. The first-order valence-corrected chi connectivity index (χ1v) is 7.58. The van der Waals surface area contributed by atoms with E-state index in [9.17, 15) is 4.39 Å². The Labute approximate surface area is 137 Å². The van der Waals surface area contributed by atoms with E-state index in [2.05, 4.69) is 10.3 Å². The van der Waals surface area contributed by atoms with Gasteiger partial charge < -0.3 is 11.1 Å². The predicted octanol–water partition coefficient (Wildman–Crippen LogP) is 4.36. The topological polar surface area (TPSA) is 60.8 Å². The summed E-state index contributed by atoms with van der Waals surface area (Å²) in [6.07, 6.45) is 4.18.